The van der Waals surface area contributed by atoms with Gasteiger partial charge in [-0.1, -0.05) is 6.92 Å². The van der Waals surface area contributed by atoms with Crippen molar-refractivity contribution in [1.82, 2.24) is 9.55 Å². The molecule has 0 saturated carbocycles. The van der Waals surface area contributed by atoms with E-state index in [1.54, 1.807) is 0 Å². The molecule has 108 valence electrons. The lowest BCUT2D eigenvalue weighted by Crippen LogP contribution is -2.26. The second-order valence-electron chi connectivity index (χ2n) is 6.44. The van der Waals surface area contributed by atoms with Crippen LogP contribution in [0.1, 0.15) is 64.4 Å². The van der Waals surface area contributed by atoms with Crippen LogP contribution in [0.15, 0.2) is 0 Å². The van der Waals surface area contributed by atoms with Gasteiger partial charge in [-0.3, -0.25) is 0 Å². The van der Waals surface area contributed by atoms with Crippen molar-refractivity contribution in [1.29, 1.82) is 0 Å². The predicted octanol–water partition coefficient (Wildman–Crippen LogP) is 3.07. The first-order valence-electron chi connectivity index (χ1n) is 7.40. The monoisotopic (exact) mass is 265 g/mol. The van der Waals surface area contributed by atoms with Crippen LogP contribution >= 0.6 is 0 Å². The molecule has 1 fully saturated rings. The second-order valence-corrected chi connectivity index (χ2v) is 6.44. The van der Waals surface area contributed by atoms with E-state index in [9.17, 15) is 0 Å². The summed E-state index contributed by atoms with van der Waals surface area (Å²) in [6, 6.07) is 0. The van der Waals surface area contributed by atoms with E-state index in [4.69, 9.17) is 15.5 Å². The molecule has 0 aliphatic carbocycles. The molecule has 0 amide bonds. The number of hydrogen-bond donors (Lipinski definition) is 1. The molecule has 0 bridgehead atoms. The first-order chi connectivity index (χ1) is 8.95. The fraction of sp³-hybridized carbons (Fsp3) is 0.800. The Bertz CT molecular complexity index is 425. The standard InChI is InChI=1S/C15H27N3O/c1-5-6-12-17-13(11-7-9-19-10-8-11)14(16)18(12)15(2,3)4/h11H,5-10,16H2,1-4H3. The minimum absolute atomic E-state index is 0.00893. The van der Waals surface area contributed by atoms with E-state index in [0.717, 1.165) is 56.2 Å². The third kappa shape index (κ3) is 2.94. The van der Waals surface area contributed by atoms with Crippen LogP contribution < -0.4 is 5.73 Å². The molecule has 2 rings (SSSR count). The van der Waals surface area contributed by atoms with Crippen LogP contribution in [0.3, 0.4) is 0 Å². The number of rotatable bonds is 3. The van der Waals surface area contributed by atoms with Crippen molar-refractivity contribution < 1.29 is 4.74 Å². The third-order valence-corrected chi connectivity index (χ3v) is 3.76. The Balaban J connectivity index is 2.39. The van der Waals surface area contributed by atoms with Crippen LogP contribution in [0, 0.1) is 0 Å². The minimum Gasteiger partial charge on any atom is -0.384 e. The number of anilines is 1. The number of aromatic nitrogens is 2. The molecule has 1 aromatic heterocycles. The normalized spacial score (nSPS) is 17.9. The van der Waals surface area contributed by atoms with E-state index in [1.165, 1.54) is 0 Å². The van der Waals surface area contributed by atoms with Gasteiger partial charge in [0.1, 0.15) is 11.6 Å². The molecular formula is C15H27N3O. The van der Waals surface area contributed by atoms with Crippen LogP contribution in [0.4, 0.5) is 5.82 Å². The Kier molecular flexibility index (Phi) is 4.19. The maximum absolute atomic E-state index is 6.41. The zero-order chi connectivity index (χ0) is 14.0. The largest absolute Gasteiger partial charge is 0.384 e. The van der Waals surface area contributed by atoms with E-state index in [-0.39, 0.29) is 5.54 Å². The number of nitrogens with two attached hydrogens (primary N) is 1. The summed E-state index contributed by atoms with van der Waals surface area (Å²) >= 11 is 0. The van der Waals surface area contributed by atoms with E-state index in [1.807, 2.05) is 0 Å². The fourth-order valence-electron chi connectivity index (χ4n) is 2.91. The zero-order valence-electron chi connectivity index (χ0n) is 12.7. The molecule has 19 heavy (non-hydrogen) atoms. The number of hydrogen-bond acceptors (Lipinski definition) is 3. The predicted molar refractivity (Wildman–Crippen MR) is 78.4 cm³/mol. The lowest BCUT2D eigenvalue weighted by molar-refractivity contribution is 0.0847. The summed E-state index contributed by atoms with van der Waals surface area (Å²) in [5, 5.41) is 0. The van der Waals surface area contributed by atoms with Gasteiger partial charge >= 0.3 is 0 Å². The highest BCUT2D eigenvalue weighted by atomic mass is 16.5. The van der Waals surface area contributed by atoms with Gasteiger partial charge in [-0.05, 0) is 40.0 Å². The Morgan fingerprint density at radius 1 is 1.32 bits per heavy atom. The summed E-state index contributed by atoms with van der Waals surface area (Å²) in [6.07, 6.45) is 4.16. The van der Waals surface area contributed by atoms with E-state index < -0.39 is 0 Å². The number of imidazole rings is 1. The second kappa shape index (κ2) is 5.53. The molecule has 1 aliphatic rings. The van der Waals surface area contributed by atoms with Crippen molar-refractivity contribution in [3.63, 3.8) is 0 Å². The molecule has 0 radical (unpaired) electrons. The molecule has 1 saturated heterocycles. The Morgan fingerprint density at radius 3 is 2.47 bits per heavy atom. The molecule has 0 atom stereocenters. The van der Waals surface area contributed by atoms with Crippen LogP contribution in [0.5, 0.6) is 0 Å². The average Bonchev–Trinajstić information content (AvgIpc) is 2.67. The first kappa shape index (κ1) is 14.4. The highest BCUT2D eigenvalue weighted by Gasteiger charge is 2.28. The SMILES string of the molecule is CCCc1nc(C2CCOCC2)c(N)n1C(C)(C)C. The summed E-state index contributed by atoms with van der Waals surface area (Å²) in [6.45, 7) is 10.4. The van der Waals surface area contributed by atoms with Crippen molar-refractivity contribution in [2.45, 2.75) is 64.8 Å². The van der Waals surface area contributed by atoms with Gasteiger partial charge in [-0.15, -0.1) is 0 Å². The molecule has 1 aromatic rings. The highest BCUT2D eigenvalue weighted by Crippen LogP contribution is 2.34. The van der Waals surface area contributed by atoms with E-state index in [0.29, 0.717) is 5.92 Å². The maximum atomic E-state index is 6.41. The lowest BCUT2D eigenvalue weighted by atomic mass is 9.96. The van der Waals surface area contributed by atoms with Gasteiger partial charge in [0.2, 0.25) is 0 Å². The third-order valence-electron chi connectivity index (χ3n) is 3.76. The van der Waals surface area contributed by atoms with Crippen molar-refractivity contribution in [3.8, 4) is 0 Å². The molecule has 4 heteroatoms. The molecular weight excluding hydrogens is 238 g/mol. The molecule has 0 aromatic carbocycles. The quantitative estimate of drug-likeness (QED) is 0.913. The Hall–Kier alpha value is -1.03. The number of nitrogen functional groups attached to an aromatic ring is 1. The average molecular weight is 265 g/mol. The van der Waals surface area contributed by atoms with Crippen LogP contribution in [-0.2, 0) is 16.7 Å². The number of nitrogens with zero attached hydrogens (tertiary/aromatic N) is 2. The molecule has 0 spiro atoms. The summed E-state index contributed by atoms with van der Waals surface area (Å²) < 4.78 is 7.66. The smallest absolute Gasteiger partial charge is 0.127 e. The molecule has 4 nitrogen and oxygen atoms in total. The summed E-state index contributed by atoms with van der Waals surface area (Å²) in [4.78, 5) is 4.87. The van der Waals surface area contributed by atoms with Crippen molar-refractivity contribution in [2.75, 3.05) is 18.9 Å². The lowest BCUT2D eigenvalue weighted by Gasteiger charge is -2.26. The molecule has 2 N–H and O–H groups in total. The van der Waals surface area contributed by atoms with Gasteiger partial charge < -0.3 is 15.0 Å². The van der Waals surface area contributed by atoms with Gasteiger partial charge in [0, 0.05) is 31.1 Å². The van der Waals surface area contributed by atoms with Gasteiger partial charge in [0.05, 0.1) is 5.69 Å². The van der Waals surface area contributed by atoms with Gasteiger partial charge in [-0.25, -0.2) is 4.98 Å². The Morgan fingerprint density at radius 2 is 1.95 bits per heavy atom. The van der Waals surface area contributed by atoms with Crippen molar-refractivity contribution >= 4 is 5.82 Å². The van der Waals surface area contributed by atoms with Gasteiger partial charge in [0.25, 0.3) is 0 Å². The van der Waals surface area contributed by atoms with Crippen LogP contribution in [0.2, 0.25) is 0 Å². The summed E-state index contributed by atoms with van der Waals surface area (Å²) in [5.41, 5.74) is 7.50. The Labute approximate surface area is 116 Å². The van der Waals surface area contributed by atoms with E-state index >= 15 is 0 Å². The fourth-order valence-corrected chi connectivity index (χ4v) is 2.91. The summed E-state index contributed by atoms with van der Waals surface area (Å²) in [5.74, 6) is 2.46. The van der Waals surface area contributed by atoms with E-state index in [2.05, 4.69) is 32.3 Å². The van der Waals surface area contributed by atoms with Crippen LogP contribution in [0.25, 0.3) is 0 Å². The first-order valence-corrected chi connectivity index (χ1v) is 7.40. The van der Waals surface area contributed by atoms with Gasteiger partial charge in [0.15, 0.2) is 0 Å². The van der Waals surface area contributed by atoms with Crippen LogP contribution in [-0.4, -0.2) is 22.8 Å². The maximum Gasteiger partial charge on any atom is 0.127 e. The molecule has 0 unspecified atom stereocenters. The molecule has 2 heterocycles. The number of aryl methyl sites for hydroxylation is 1. The van der Waals surface area contributed by atoms with Gasteiger partial charge in [-0.2, -0.15) is 0 Å². The minimum atomic E-state index is -0.00893. The van der Waals surface area contributed by atoms with Crippen molar-refractivity contribution in [3.05, 3.63) is 11.5 Å². The molecule has 1 aliphatic heterocycles. The highest BCUT2D eigenvalue weighted by molar-refractivity contribution is 5.42. The topological polar surface area (TPSA) is 53.1 Å². The van der Waals surface area contributed by atoms with Crippen molar-refractivity contribution in [2.24, 2.45) is 0 Å². The zero-order valence-corrected chi connectivity index (χ0v) is 12.7. The summed E-state index contributed by atoms with van der Waals surface area (Å²) in [7, 11) is 0. The number of ether oxygens (including phenoxy) is 1.